The zero-order valence-corrected chi connectivity index (χ0v) is 17.7. The third-order valence-corrected chi connectivity index (χ3v) is 7.00. The lowest BCUT2D eigenvalue weighted by atomic mass is 9.85. The molecule has 2 aromatic heterocycles. The number of rotatable bonds is 7. The monoisotopic (exact) mass is 402 g/mol. The highest BCUT2D eigenvalue weighted by atomic mass is 32.1. The molecule has 0 radical (unpaired) electrons. The SMILES string of the molecule is CC(=O)N(CCc1noc(C2CCC2)n1)C1CCCN(Cc2ccc(C)s2)C1. The summed E-state index contributed by atoms with van der Waals surface area (Å²) in [5, 5.41) is 4.14. The number of thiophene rings is 1. The second-order valence-electron chi connectivity index (χ2n) is 8.18. The van der Waals surface area contributed by atoms with Crippen molar-refractivity contribution in [2.24, 2.45) is 0 Å². The first-order chi connectivity index (χ1) is 13.6. The third kappa shape index (κ3) is 4.63. The number of hydrogen-bond donors (Lipinski definition) is 0. The van der Waals surface area contributed by atoms with Crippen LogP contribution in [-0.4, -0.2) is 51.5 Å². The van der Waals surface area contributed by atoms with Gasteiger partial charge in [0.05, 0.1) is 0 Å². The predicted octanol–water partition coefficient (Wildman–Crippen LogP) is 3.76. The summed E-state index contributed by atoms with van der Waals surface area (Å²) in [7, 11) is 0. The van der Waals surface area contributed by atoms with Crippen LogP contribution in [0.5, 0.6) is 0 Å². The van der Waals surface area contributed by atoms with Crippen LogP contribution in [0.3, 0.4) is 0 Å². The molecule has 4 rings (SSSR count). The Bertz CT molecular complexity index is 798. The Kier molecular flexibility index (Phi) is 6.11. The Labute approximate surface area is 170 Å². The molecule has 28 heavy (non-hydrogen) atoms. The molecule has 0 aromatic carbocycles. The molecule has 1 atom stereocenters. The predicted molar refractivity (Wildman–Crippen MR) is 109 cm³/mol. The van der Waals surface area contributed by atoms with Crippen molar-refractivity contribution >= 4 is 17.2 Å². The van der Waals surface area contributed by atoms with E-state index in [2.05, 4.69) is 34.1 Å². The highest BCUT2D eigenvalue weighted by Crippen LogP contribution is 2.35. The van der Waals surface area contributed by atoms with Gasteiger partial charge in [0, 0.05) is 54.7 Å². The van der Waals surface area contributed by atoms with Crippen LogP contribution >= 0.6 is 11.3 Å². The van der Waals surface area contributed by atoms with Crippen molar-refractivity contribution in [3.8, 4) is 0 Å². The second kappa shape index (κ2) is 8.74. The van der Waals surface area contributed by atoms with Crippen molar-refractivity contribution in [3.63, 3.8) is 0 Å². The summed E-state index contributed by atoms with van der Waals surface area (Å²) < 4.78 is 5.42. The molecule has 1 saturated heterocycles. The molecule has 152 valence electrons. The van der Waals surface area contributed by atoms with Gasteiger partial charge in [-0.25, -0.2) is 0 Å². The Morgan fingerprint density at radius 3 is 2.86 bits per heavy atom. The quantitative estimate of drug-likeness (QED) is 0.706. The topological polar surface area (TPSA) is 62.5 Å². The Balaban J connectivity index is 1.33. The maximum atomic E-state index is 12.3. The first kappa shape index (κ1) is 19.6. The van der Waals surface area contributed by atoms with E-state index in [4.69, 9.17) is 4.52 Å². The van der Waals surface area contributed by atoms with E-state index in [-0.39, 0.29) is 11.9 Å². The van der Waals surface area contributed by atoms with Gasteiger partial charge in [0.1, 0.15) is 0 Å². The van der Waals surface area contributed by atoms with E-state index in [9.17, 15) is 4.79 Å². The standard InChI is InChI=1S/C21H30N4O2S/c1-15-8-9-19(28-15)14-24-11-4-7-18(13-24)25(16(2)26)12-10-20-22-21(27-23-20)17-5-3-6-17/h8-9,17-18H,3-7,10-14H2,1-2H3. The van der Waals surface area contributed by atoms with E-state index in [0.29, 0.717) is 18.9 Å². The Morgan fingerprint density at radius 1 is 1.32 bits per heavy atom. The minimum absolute atomic E-state index is 0.140. The number of aryl methyl sites for hydroxylation is 1. The van der Waals surface area contributed by atoms with Gasteiger partial charge < -0.3 is 9.42 Å². The molecule has 7 heteroatoms. The fourth-order valence-corrected chi connectivity index (χ4v) is 5.16. The van der Waals surface area contributed by atoms with Crippen LogP contribution in [0.2, 0.25) is 0 Å². The van der Waals surface area contributed by atoms with Crippen LogP contribution in [0, 0.1) is 6.92 Å². The minimum atomic E-state index is 0.140. The molecule has 0 spiro atoms. The number of likely N-dealkylation sites (tertiary alicyclic amines) is 1. The molecule has 0 N–H and O–H groups in total. The van der Waals surface area contributed by atoms with Crippen molar-refractivity contribution in [1.82, 2.24) is 19.9 Å². The van der Waals surface area contributed by atoms with Crippen LogP contribution in [0.25, 0.3) is 0 Å². The largest absolute Gasteiger partial charge is 0.339 e. The van der Waals surface area contributed by atoms with Gasteiger partial charge in [-0.1, -0.05) is 11.6 Å². The van der Waals surface area contributed by atoms with Gasteiger partial charge in [0.2, 0.25) is 11.8 Å². The molecule has 1 unspecified atom stereocenters. The zero-order chi connectivity index (χ0) is 19.5. The van der Waals surface area contributed by atoms with E-state index in [1.54, 1.807) is 6.92 Å². The smallest absolute Gasteiger partial charge is 0.229 e. The van der Waals surface area contributed by atoms with Crippen molar-refractivity contribution in [2.75, 3.05) is 19.6 Å². The molecule has 2 aromatic rings. The van der Waals surface area contributed by atoms with E-state index in [1.807, 2.05) is 16.2 Å². The summed E-state index contributed by atoms with van der Waals surface area (Å²) in [4.78, 5) is 24.2. The van der Waals surface area contributed by atoms with Gasteiger partial charge >= 0.3 is 0 Å². The highest BCUT2D eigenvalue weighted by molar-refractivity contribution is 7.11. The fourth-order valence-electron chi connectivity index (χ4n) is 4.23. The lowest BCUT2D eigenvalue weighted by Crippen LogP contribution is -2.50. The minimum Gasteiger partial charge on any atom is -0.339 e. The fraction of sp³-hybridized carbons (Fsp3) is 0.667. The van der Waals surface area contributed by atoms with Crippen molar-refractivity contribution in [1.29, 1.82) is 0 Å². The summed E-state index contributed by atoms with van der Waals surface area (Å²) in [5.74, 6) is 2.11. The molecule has 3 heterocycles. The number of piperidine rings is 1. The van der Waals surface area contributed by atoms with Crippen LogP contribution in [0.1, 0.15) is 66.4 Å². The Morgan fingerprint density at radius 2 is 2.18 bits per heavy atom. The maximum Gasteiger partial charge on any atom is 0.229 e. The lowest BCUT2D eigenvalue weighted by Gasteiger charge is -2.39. The van der Waals surface area contributed by atoms with Gasteiger partial charge in [0.15, 0.2) is 5.82 Å². The Hall–Kier alpha value is -1.73. The molecular formula is C21H30N4O2S. The molecule has 1 aliphatic carbocycles. The molecule has 2 aliphatic rings. The highest BCUT2D eigenvalue weighted by Gasteiger charge is 2.28. The normalized spacial score (nSPS) is 20.9. The number of hydrogen-bond acceptors (Lipinski definition) is 6. The second-order valence-corrected chi connectivity index (χ2v) is 9.56. The lowest BCUT2D eigenvalue weighted by molar-refractivity contribution is -0.132. The molecule has 0 bridgehead atoms. The van der Waals surface area contributed by atoms with Crippen molar-refractivity contribution in [3.05, 3.63) is 33.6 Å². The molecule has 1 saturated carbocycles. The molecule has 1 aliphatic heterocycles. The number of amides is 1. The first-order valence-corrected chi connectivity index (χ1v) is 11.3. The number of carbonyl (C=O) groups is 1. The van der Waals surface area contributed by atoms with E-state index >= 15 is 0 Å². The van der Waals surface area contributed by atoms with Gasteiger partial charge in [0.25, 0.3) is 0 Å². The summed E-state index contributed by atoms with van der Waals surface area (Å²) in [5.41, 5.74) is 0. The van der Waals surface area contributed by atoms with Gasteiger partial charge in [-0.2, -0.15) is 4.98 Å². The maximum absolute atomic E-state index is 12.3. The van der Waals surface area contributed by atoms with Crippen LogP contribution < -0.4 is 0 Å². The zero-order valence-electron chi connectivity index (χ0n) is 16.9. The van der Waals surface area contributed by atoms with E-state index < -0.39 is 0 Å². The summed E-state index contributed by atoms with van der Waals surface area (Å²) in [6.07, 6.45) is 6.43. The molecule has 2 fully saturated rings. The average molecular weight is 403 g/mol. The van der Waals surface area contributed by atoms with E-state index in [1.165, 1.54) is 16.2 Å². The van der Waals surface area contributed by atoms with Gasteiger partial charge in [-0.15, -0.1) is 11.3 Å². The summed E-state index contributed by atoms with van der Waals surface area (Å²) in [6.45, 7) is 7.52. The first-order valence-electron chi connectivity index (χ1n) is 10.5. The number of aromatic nitrogens is 2. The van der Waals surface area contributed by atoms with Gasteiger partial charge in [-0.05, 0) is 51.3 Å². The molecular weight excluding hydrogens is 372 g/mol. The average Bonchev–Trinajstić information content (AvgIpc) is 3.23. The van der Waals surface area contributed by atoms with Crippen LogP contribution in [0.15, 0.2) is 16.7 Å². The number of carbonyl (C=O) groups excluding carboxylic acids is 1. The summed E-state index contributed by atoms with van der Waals surface area (Å²) >= 11 is 1.87. The molecule has 6 nitrogen and oxygen atoms in total. The number of nitrogens with zero attached hydrogens (tertiary/aromatic N) is 4. The van der Waals surface area contributed by atoms with Crippen molar-refractivity contribution < 1.29 is 9.32 Å². The van der Waals surface area contributed by atoms with E-state index in [0.717, 1.165) is 57.0 Å². The van der Waals surface area contributed by atoms with Crippen LogP contribution in [0.4, 0.5) is 0 Å². The van der Waals surface area contributed by atoms with Crippen molar-refractivity contribution in [2.45, 2.75) is 70.9 Å². The summed E-state index contributed by atoms with van der Waals surface area (Å²) in [6, 6.07) is 4.68. The van der Waals surface area contributed by atoms with Crippen LogP contribution in [-0.2, 0) is 17.8 Å². The van der Waals surface area contributed by atoms with Gasteiger partial charge in [-0.3, -0.25) is 9.69 Å². The third-order valence-electron chi connectivity index (χ3n) is 6.02. The molecule has 1 amide bonds.